The molecule has 3 aromatic heterocycles. The first-order valence-electron chi connectivity index (χ1n) is 14.2. The number of rotatable bonds is 10. The van der Waals surface area contributed by atoms with Crippen molar-refractivity contribution < 1.29 is 0 Å². The fraction of sp³-hybridized carbons (Fsp3) is 0.206. The molecule has 1 atom stereocenters. The first kappa shape index (κ1) is 27.2. The lowest BCUT2D eigenvalue weighted by Crippen LogP contribution is -2.35. The lowest BCUT2D eigenvalue weighted by atomic mass is 9.99. The zero-order chi connectivity index (χ0) is 28.9. The third-order valence-electron chi connectivity index (χ3n) is 7.74. The lowest BCUT2D eigenvalue weighted by Gasteiger charge is -2.31. The molecule has 0 amide bonds. The van der Waals surface area contributed by atoms with Gasteiger partial charge in [-0.25, -0.2) is 4.68 Å². The largest absolute Gasteiger partial charge is 0.322 e. The van der Waals surface area contributed by atoms with Gasteiger partial charge in [0.1, 0.15) is 6.04 Å². The molecule has 6 aromatic rings. The van der Waals surface area contributed by atoms with E-state index in [1.54, 1.807) is 6.20 Å². The summed E-state index contributed by atoms with van der Waals surface area (Å²) >= 11 is 0. The van der Waals surface area contributed by atoms with Gasteiger partial charge in [0.05, 0.1) is 0 Å². The number of nitrogens with one attached hydrogen (secondary N) is 1. The molecule has 0 spiro atoms. The summed E-state index contributed by atoms with van der Waals surface area (Å²) in [4.78, 5) is 23.7. The Kier molecular flexibility index (Phi) is 7.96. The normalized spacial score (nSPS) is 12.2. The van der Waals surface area contributed by atoms with Gasteiger partial charge in [0.25, 0.3) is 5.56 Å². The van der Waals surface area contributed by atoms with Gasteiger partial charge in [-0.05, 0) is 88.2 Å². The maximum Gasteiger partial charge on any atom is 0.253 e. The summed E-state index contributed by atoms with van der Waals surface area (Å²) in [6.45, 7) is 5.85. The Labute approximate surface area is 244 Å². The molecule has 1 N–H and O–H groups in total. The molecular formula is C34H33N7O. The molecule has 0 aliphatic carbocycles. The standard InChI is InChI=1S/C34H33N7O/c1-24-18-29-20-30(34(42)36-31(29)19-25(24)2)32(33-37-38-39-41(33)17-15-26-10-5-3-6-11-26)40(22-27-12-7-4-8-13-27)23-28-14-9-16-35-21-28/h3-14,16,18-21,32H,15,17,22-23H2,1-2H3,(H,36,42)/t32-/m1/s1. The van der Waals surface area contributed by atoms with Crippen molar-refractivity contribution in [1.82, 2.24) is 35.1 Å². The van der Waals surface area contributed by atoms with Gasteiger partial charge in [0.2, 0.25) is 0 Å². The van der Waals surface area contributed by atoms with Crippen LogP contribution in [-0.2, 0) is 26.1 Å². The zero-order valence-corrected chi connectivity index (χ0v) is 23.8. The van der Waals surface area contributed by atoms with Crippen LogP contribution in [0.3, 0.4) is 0 Å². The van der Waals surface area contributed by atoms with Crippen LogP contribution in [0.25, 0.3) is 10.9 Å². The van der Waals surface area contributed by atoms with E-state index in [-0.39, 0.29) is 5.56 Å². The third kappa shape index (κ3) is 6.04. The molecule has 210 valence electrons. The van der Waals surface area contributed by atoms with E-state index in [1.165, 1.54) is 11.1 Å². The molecular weight excluding hydrogens is 522 g/mol. The van der Waals surface area contributed by atoms with Gasteiger partial charge < -0.3 is 4.98 Å². The number of fused-ring (bicyclic) bond motifs is 1. The average molecular weight is 556 g/mol. The van der Waals surface area contributed by atoms with Gasteiger partial charge in [-0.3, -0.25) is 14.7 Å². The number of H-pyrrole nitrogens is 1. The van der Waals surface area contributed by atoms with E-state index in [9.17, 15) is 4.79 Å². The van der Waals surface area contributed by atoms with Crippen LogP contribution in [-0.4, -0.2) is 35.1 Å². The summed E-state index contributed by atoms with van der Waals surface area (Å²) in [5.41, 5.74) is 6.91. The van der Waals surface area contributed by atoms with Gasteiger partial charge >= 0.3 is 0 Å². The zero-order valence-electron chi connectivity index (χ0n) is 23.8. The van der Waals surface area contributed by atoms with Crippen molar-refractivity contribution in [3.63, 3.8) is 0 Å². The minimum atomic E-state index is -0.522. The van der Waals surface area contributed by atoms with Crippen LogP contribution >= 0.6 is 0 Å². The fourth-order valence-electron chi connectivity index (χ4n) is 5.42. The molecule has 0 unspecified atom stereocenters. The molecule has 0 saturated carbocycles. The van der Waals surface area contributed by atoms with Crippen LogP contribution in [0.15, 0.2) is 108 Å². The number of hydrogen-bond acceptors (Lipinski definition) is 6. The van der Waals surface area contributed by atoms with Crippen molar-refractivity contribution in [2.24, 2.45) is 0 Å². The predicted molar refractivity (Wildman–Crippen MR) is 164 cm³/mol. The van der Waals surface area contributed by atoms with Crippen LogP contribution in [0.4, 0.5) is 0 Å². The van der Waals surface area contributed by atoms with Crippen molar-refractivity contribution in [3.05, 3.63) is 153 Å². The molecule has 3 aromatic carbocycles. The Hall–Kier alpha value is -4.95. The summed E-state index contributed by atoms with van der Waals surface area (Å²) in [7, 11) is 0. The van der Waals surface area contributed by atoms with Crippen LogP contribution < -0.4 is 5.56 Å². The molecule has 0 fully saturated rings. The van der Waals surface area contributed by atoms with Crippen molar-refractivity contribution >= 4 is 10.9 Å². The molecule has 0 aliphatic heterocycles. The van der Waals surface area contributed by atoms with Gasteiger partial charge in [0.15, 0.2) is 5.82 Å². The summed E-state index contributed by atoms with van der Waals surface area (Å²) in [5.74, 6) is 0.624. The molecule has 8 heteroatoms. The number of nitrogens with zero attached hydrogens (tertiary/aromatic N) is 6. The quantitative estimate of drug-likeness (QED) is 0.238. The Morgan fingerprint density at radius 2 is 1.52 bits per heavy atom. The molecule has 0 saturated heterocycles. The minimum absolute atomic E-state index is 0.155. The summed E-state index contributed by atoms with van der Waals surface area (Å²) in [5, 5.41) is 14.0. The van der Waals surface area contributed by atoms with Gasteiger partial charge in [-0.2, -0.15) is 0 Å². The van der Waals surface area contributed by atoms with Crippen LogP contribution in [0.2, 0.25) is 0 Å². The van der Waals surface area contributed by atoms with E-state index >= 15 is 0 Å². The number of aromatic amines is 1. The second kappa shape index (κ2) is 12.3. The third-order valence-corrected chi connectivity index (χ3v) is 7.74. The highest BCUT2D eigenvalue weighted by molar-refractivity contribution is 5.81. The van der Waals surface area contributed by atoms with Crippen molar-refractivity contribution in [2.75, 3.05) is 0 Å². The summed E-state index contributed by atoms with van der Waals surface area (Å²) < 4.78 is 1.84. The number of aromatic nitrogens is 6. The smallest absolute Gasteiger partial charge is 0.253 e. The van der Waals surface area contributed by atoms with Gasteiger partial charge in [-0.1, -0.05) is 66.7 Å². The predicted octanol–water partition coefficient (Wildman–Crippen LogP) is 5.56. The maximum absolute atomic E-state index is 13.9. The van der Waals surface area contributed by atoms with Crippen molar-refractivity contribution in [3.8, 4) is 0 Å². The van der Waals surface area contributed by atoms with Crippen molar-refractivity contribution in [1.29, 1.82) is 0 Å². The van der Waals surface area contributed by atoms with Crippen LogP contribution in [0, 0.1) is 13.8 Å². The number of aryl methyl sites for hydroxylation is 4. The Morgan fingerprint density at radius 3 is 2.26 bits per heavy atom. The van der Waals surface area contributed by atoms with Crippen molar-refractivity contribution in [2.45, 2.75) is 45.9 Å². The molecule has 6 rings (SSSR count). The highest BCUT2D eigenvalue weighted by atomic mass is 16.1. The van der Waals surface area contributed by atoms with Crippen LogP contribution in [0.5, 0.6) is 0 Å². The molecule has 0 aliphatic rings. The fourth-order valence-corrected chi connectivity index (χ4v) is 5.42. The minimum Gasteiger partial charge on any atom is -0.322 e. The topological polar surface area (TPSA) is 92.6 Å². The number of benzene rings is 3. The number of tetrazole rings is 1. The molecule has 0 radical (unpaired) electrons. The first-order valence-corrected chi connectivity index (χ1v) is 14.2. The molecule has 42 heavy (non-hydrogen) atoms. The van der Waals surface area contributed by atoms with Crippen LogP contribution in [0.1, 0.15) is 45.2 Å². The Balaban J connectivity index is 1.50. The maximum atomic E-state index is 13.9. The molecule has 0 bridgehead atoms. The molecule has 3 heterocycles. The SMILES string of the molecule is Cc1cc2cc([C@H](c3nnnn3CCc3ccccc3)N(Cc3ccccc3)Cc3cccnc3)c(=O)[nH]c2cc1C. The van der Waals surface area contributed by atoms with E-state index in [4.69, 9.17) is 0 Å². The van der Waals surface area contributed by atoms with Gasteiger partial charge in [-0.15, -0.1) is 5.10 Å². The van der Waals surface area contributed by atoms with Gasteiger partial charge in [0, 0.05) is 43.1 Å². The highest BCUT2D eigenvalue weighted by Crippen LogP contribution is 2.30. The molecule has 8 nitrogen and oxygen atoms in total. The van der Waals surface area contributed by atoms with E-state index in [1.807, 2.05) is 65.5 Å². The van der Waals surface area contributed by atoms with E-state index in [0.29, 0.717) is 31.0 Å². The highest BCUT2D eigenvalue weighted by Gasteiger charge is 2.31. The second-order valence-corrected chi connectivity index (χ2v) is 10.7. The van der Waals surface area contributed by atoms with E-state index < -0.39 is 6.04 Å². The van der Waals surface area contributed by atoms with E-state index in [2.05, 4.69) is 80.6 Å². The summed E-state index contributed by atoms with van der Waals surface area (Å²) in [6, 6.07) is 30.2. The summed E-state index contributed by atoms with van der Waals surface area (Å²) in [6.07, 6.45) is 4.40. The monoisotopic (exact) mass is 555 g/mol. The Morgan fingerprint density at radius 1 is 0.833 bits per heavy atom. The number of hydrogen-bond donors (Lipinski definition) is 1. The van der Waals surface area contributed by atoms with E-state index in [0.717, 1.165) is 34.0 Å². The lowest BCUT2D eigenvalue weighted by molar-refractivity contribution is 0.193. The number of pyridine rings is 2. The first-order chi connectivity index (χ1) is 20.5. The second-order valence-electron chi connectivity index (χ2n) is 10.7. The Bertz CT molecular complexity index is 1790. The average Bonchev–Trinajstić information content (AvgIpc) is 3.47.